The number of para-hydroxylation sites is 1. The molecule has 4 rings (SSSR count). The average molecular weight is 326 g/mol. The van der Waals surface area contributed by atoms with Gasteiger partial charge in [-0.15, -0.1) is 0 Å². The van der Waals surface area contributed by atoms with E-state index in [0.29, 0.717) is 6.42 Å². The Bertz CT molecular complexity index is 754. The highest BCUT2D eigenvalue weighted by atomic mass is 16.4. The first-order valence-electron chi connectivity index (χ1n) is 8.91. The van der Waals surface area contributed by atoms with Crippen LogP contribution in [0.3, 0.4) is 0 Å². The predicted octanol–water partition coefficient (Wildman–Crippen LogP) is 4.01. The predicted molar refractivity (Wildman–Crippen MR) is 94.5 cm³/mol. The molecule has 3 atom stereocenters. The van der Waals surface area contributed by atoms with Gasteiger partial charge in [-0.3, -0.25) is 4.79 Å². The Balaban J connectivity index is 1.81. The zero-order valence-electron chi connectivity index (χ0n) is 15.0. The molecule has 1 aliphatic heterocycles. The fourth-order valence-corrected chi connectivity index (χ4v) is 5.61. The molecule has 24 heavy (non-hydrogen) atoms. The summed E-state index contributed by atoms with van der Waals surface area (Å²) in [5, 5.41) is 13.1. The molecule has 1 N–H and O–H groups in total. The number of rotatable bonds is 1. The lowest BCUT2D eigenvalue weighted by molar-refractivity contribution is -0.133. The highest BCUT2D eigenvalue weighted by Crippen LogP contribution is 2.71. The van der Waals surface area contributed by atoms with Crippen molar-refractivity contribution >= 4 is 17.3 Å². The van der Waals surface area contributed by atoms with Crippen LogP contribution in [-0.2, 0) is 11.2 Å². The van der Waals surface area contributed by atoms with Crippen LogP contribution in [0.4, 0.5) is 5.69 Å². The van der Waals surface area contributed by atoms with Crippen molar-refractivity contribution < 1.29 is 10.0 Å². The molecule has 1 amide bonds. The quantitative estimate of drug-likeness (QED) is 0.626. The minimum atomic E-state index is -0.463. The van der Waals surface area contributed by atoms with Crippen LogP contribution >= 0.6 is 0 Å². The topological polar surface area (TPSA) is 52.9 Å². The van der Waals surface area contributed by atoms with E-state index in [-0.39, 0.29) is 22.8 Å². The van der Waals surface area contributed by atoms with E-state index in [1.54, 1.807) is 0 Å². The third kappa shape index (κ3) is 1.55. The smallest absolute Gasteiger partial charge is 0.234 e. The fraction of sp³-hybridized carbons (Fsp3) is 0.600. The summed E-state index contributed by atoms with van der Waals surface area (Å²) in [7, 11) is 0. The Morgan fingerprint density at radius 2 is 1.96 bits per heavy atom. The van der Waals surface area contributed by atoms with Crippen LogP contribution in [0.1, 0.15) is 52.5 Å². The van der Waals surface area contributed by atoms with Crippen LogP contribution in [0.5, 0.6) is 0 Å². The number of hydrogen-bond acceptors (Lipinski definition) is 3. The van der Waals surface area contributed by atoms with Crippen molar-refractivity contribution in [3.8, 4) is 0 Å². The van der Waals surface area contributed by atoms with Gasteiger partial charge in [0.2, 0.25) is 5.91 Å². The molecule has 3 aliphatic rings. The zero-order valence-corrected chi connectivity index (χ0v) is 15.0. The highest BCUT2D eigenvalue weighted by molar-refractivity contribution is 6.08. The monoisotopic (exact) mass is 326 g/mol. The van der Waals surface area contributed by atoms with Crippen molar-refractivity contribution in [2.75, 3.05) is 4.90 Å². The molecule has 128 valence electrons. The van der Waals surface area contributed by atoms with Crippen LogP contribution < -0.4 is 4.90 Å². The van der Waals surface area contributed by atoms with E-state index in [9.17, 15) is 10.0 Å². The van der Waals surface area contributed by atoms with Crippen molar-refractivity contribution in [3.63, 3.8) is 0 Å². The molecular weight excluding hydrogens is 300 g/mol. The first-order valence-corrected chi connectivity index (χ1v) is 8.91. The minimum Gasteiger partial charge on any atom is -0.411 e. The zero-order chi connectivity index (χ0) is 17.3. The molecule has 4 heteroatoms. The van der Waals surface area contributed by atoms with Gasteiger partial charge in [0.05, 0.1) is 11.1 Å². The average Bonchev–Trinajstić information content (AvgIpc) is 3.05. The fourth-order valence-electron chi connectivity index (χ4n) is 5.61. The van der Waals surface area contributed by atoms with E-state index in [0.717, 1.165) is 30.7 Å². The van der Waals surface area contributed by atoms with Gasteiger partial charge in [-0.05, 0) is 43.2 Å². The summed E-state index contributed by atoms with van der Waals surface area (Å²) in [6.45, 7) is 8.66. The molecule has 1 heterocycles. The number of carbonyl (C=O) groups excluding carboxylic acids is 1. The lowest BCUT2D eigenvalue weighted by Gasteiger charge is -2.42. The molecule has 4 nitrogen and oxygen atoms in total. The largest absolute Gasteiger partial charge is 0.411 e. The first kappa shape index (κ1) is 15.7. The normalized spacial score (nSPS) is 37.9. The standard InChI is InChI=1S/C20H26N2O2/c1-13-11-14-7-5-6-8-15(14)22(13)17(23)20-10-9-19(4,18(20,2)3)16(12-20)21-24/h5-8,13,24H,9-12H2,1-4H3. The second-order valence-corrected chi connectivity index (χ2v) is 8.62. The lowest BCUT2D eigenvalue weighted by atomic mass is 9.64. The van der Waals surface area contributed by atoms with Gasteiger partial charge in [0.15, 0.2) is 0 Å². The third-order valence-electron chi connectivity index (χ3n) is 7.69. The molecule has 2 saturated carbocycles. The van der Waals surface area contributed by atoms with E-state index in [1.807, 2.05) is 17.0 Å². The van der Waals surface area contributed by atoms with Gasteiger partial charge in [0.1, 0.15) is 0 Å². The summed E-state index contributed by atoms with van der Waals surface area (Å²) in [5.74, 6) is 0.215. The maximum absolute atomic E-state index is 13.8. The Labute approximate surface area is 143 Å². The van der Waals surface area contributed by atoms with Crippen LogP contribution in [0.2, 0.25) is 0 Å². The SMILES string of the molecule is CC1Cc2ccccc2N1C(=O)C12CCC(C)(C(=NO)C1)C2(C)C. The minimum absolute atomic E-state index is 0.182. The molecule has 0 spiro atoms. The van der Waals surface area contributed by atoms with Gasteiger partial charge in [-0.25, -0.2) is 0 Å². The number of hydrogen-bond donors (Lipinski definition) is 1. The molecule has 3 unspecified atom stereocenters. The molecule has 0 aromatic heterocycles. The van der Waals surface area contributed by atoms with Gasteiger partial charge in [0, 0.05) is 23.6 Å². The summed E-state index contributed by atoms with van der Waals surface area (Å²) in [4.78, 5) is 15.8. The molecule has 0 radical (unpaired) electrons. The van der Waals surface area contributed by atoms with E-state index in [4.69, 9.17) is 0 Å². The lowest BCUT2D eigenvalue weighted by Crippen LogP contribution is -2.50. The molecule has 2 bridgehead atoms. The van der Waals surface area contributed by atoms with E-state index < -0.39 is 5.41 Å². The van der Waals surface area contributed by atoms with E-state index in [2.05, 4.69) is 45.0 Å². The Hall–Kier alpha value is -1.84. The maximum Gasteiger partial charge on any atom is 0.234 e. The van der Waals surface area contributed by atoms with Crippen molar-refractivity contribution in [1.29, 1.82) is 0 Å². The molecule has 1 aromatic carbocycles. The van der Waals surface area contributed by atoms with Crippen molar-refractivity contribution in [3.05, 3.63) is 29.8 Å². The second-order valence-electron chi connectivity index (χ2n) is 8.62. The third-order valence-corrected chi connectivity index (χ3v) is 7.69. The van der Waals surface area contributed by atoms with Crippen LogP contribution in [0.15, 0.2) is 29.4 Å². The van der Waals surface area contributed by atoms with Crippen molar-refractivity contribution in [2.24, 2.45) is 21.4 Å². The molecule has 2 aliphatic carbocycles. The van der Waals surface area contributed by atoms with E-state index in [1.165, 1.54) is 5.56 Å². The van der Waals surface area contributed by atoms with Gasteiger partial charge in [-0.1, -0.05) is 44.1 Å². The first-order chi connectivity index (χ1) is 11.3. The summed E-state index contributed by atoms with van der Waals surface area (Å²) < 4.78 is 0. The highest BCUT2D eigenvalue weighted by Gasteiger charge is 2.72. The molecule has 0 saturated heterocycles. The molecule has 1 aromatic rings. The van der Waals surface area contributed by atoms with Gasteiger partial charge >= 0.3 is 0 Å². The van der Waals surface area contributed by atoms with Gasteiger partial charge in [-0.2, -0.15) is 0 Å². The van der Waals surface area contributed by atoms with Crippen LogP contribution in [0, 0.1) is 16.2 Å². The summed E-state index contributed by atoms with van der Waals surface area (Å²) in [6, 6.07) is 8.41. The summed E-state index contributed by atoms with van der Waals surface area (Å²) >= 11 is 0. The Kier molecular flexibility index (Phi) is 3.02. The number of fused-ring (bicyclic) bond motifs is 3. The summed E-state index contributed by atoms with van der Waals surface area (Å²) in [5.41, 5.74) is 2.24. The van der Waals surface area contributed by atoms with Crippen LogP contribution in [0.25, 0.3) is 0 Å². The summed E-state index contributed by atoms with van der Waals surface area (Å²) in [6.07, 6.45) is 3.28. The number of amides is 1. The molecule has 2 fully saturated rings. The Morgan fingerprint density at radius 1 is 1.25 bits per heavy atom. The van der Waals surface area contributed by atoms with Gasteiger partial charge < -0.3 is 10.1 Å². The maximum atomic E-state index is 13.8. The van der Waals surface area contributed by atoms with Crippen molar-refractivity contribution in [1.82, 2.24) is 0 Å². The number of oxime groups is 1. The number of nitrogens with zero attached hydrogens (tertiary/aromatic N) is 2. The van der Waals surface area contributed by atoms with Crippen LogP contribution in [-0.4, -0.2) is 22.9 Å². The van der Waals surface area contributed by atoms with E-state index >= 15 is 0 Å². The number of anilines is 1. The number of benzene rings is 1. The van der Waals surface area contributed by atoms with Gasteiger partial charge in [0.25, 0.3) is 0 Å². The molecular formula is C20H26N2O2. The Morgan fingerprint density at radius 3 is 2.62 bits per heavy atom. The number of carbonyl (C=O) groups is 1. The second kappa shape index (κ2) is 4.62. The van der Waals surface area contributed by atoms with Crippen molar-refractivity contribution in [2.45, 2.75) is 59.4 Å².